The fourth-order valence-electron chi connectivity index (χ4n) is 1.35. The Morgan fingerprint density at radius 3 is 2.50 bits per heavy atom. The number of carbonyl (C=O) groups excluding carboxylic acids is 1. The molecule has 0 fully saturated rings. The fraction of sp³-hybridized carbons (Fsp3) is 0.0909. The van der Waals surface area contributed by atoms with E-state index in [1.807, 2.05) is 0 Å². The largest absolute Gasteiger partial charge is 0.505 e. The van der Waals surface area contributed by atoms with Crippen LogP contribution in [0, 0.1) is 6.92 Å². The summed E-state index contributed by atoms with van der Waals surface area (Å²) in [5, 5.41) is 15.6. The Kier molecular flexibility index (Phi) is 3.45. The van der Waals surface area contributed by atoms with Crippen molar-refractivity contribution in [1.29, 1.82) is 0 Å². The molecule has 7 heteroatoms. The first-order chi connectivity index (χ1) is 8.49. The van der Waals surface area contributed by atoms with Crippen molar-refractivity contribution >= 4 is 34.8 Å². The zero-order valence-electron chi connectivity index (χ0n) is 9.20. The number of hydrogen-bond donors (Lipinski definition) is 2. The average Bonchev–Trinajstić information content (AvgIpc) is 2.72. The molecule has 1 heterocycles. The Morgan fingerprint density at radius 1 is 1.39 bits per heavy atom. The molecule has 0 bridgehead atoms. The minimum atomic E-state index is -0.397. The van der Waals surface area contributed by atoms with Crippen molar-refractivity contribution in [1.82, 2.24) is 5.16 Å². The maximum absolute atomic E-state index is 11.8. The third-order valence-corrected chi connectivity index (χ3v) is 2.85. The van der Waals surface area contributed by atoms with Crippen LogP contribution in [0.5, 0.6) is 5.75 Å². The predicted octanol–water partition coefficient (Wildman–Crippen LogP) is 3.25. The van der Waals surface area contributed by atoms with E-state index in [2.05, 4.69) is 10.5 Å². The first kappa shape index (κ1) is 12.7. The Balaban J connectivity index is 2.25. The van der Waals surface area contributed by atoms with Gasteiger partial charge in [0.05, 0.1) is 16.2 Å². The molecule has 1 aromatic heterocycles. The van der Waals surface area contributed by atoms with Gasteiger partial charge >= 0.3 is 0 Å². The Hall–Kier alpha value is -1.72. The summed E-state index contributed by atoms with van der Waals surface area (Å²) in [5.74, 6) is -0.215. The maximum Gasteiger partial charge on any atom is 0.260 e. The smallest absolute Gasteiger partial charge is 0.260 e. The van der Waals surface area contributed by atoms with Gasteiger partial charge in [-0.3, -0.25) is 4.79 Å². The standard InChI is InChI=1S/C11H8Cl2N2O3/c1-5-7(4-14-18-5)11(17)15-6-2-8(12)10(16)9(13)3-6/h2-4,16H,1H3,(H,15,17). The van der Waals surface area contributed by atoms with Crippen molar-refractivity contribution in [3.05, 3.63) is 39.7 Å². The lowest BCUT2D eigenvalue weighted by molar-refractivity contribution is 0.102. The van der Waals surface area contributed by atoms with Gasteiger partial charge in [-0.1, -0.05) is 28.4 Å². The number of anilines is 1. The molecule has 2 N–H and O–H groups in total. The third-order valence-electron chi connectivity index (χ3n) is 2.27. The molecular weight excluding hydrogens is 279 g/mol. The van der Waals surface area contributed by atoms with Crippen LogP contribution in [-0.2, 0) is 0 Å². The molecule has 0 aliphatic carbocycles. The third kappa shape index (κ3) is 2.42. The van der Waals surface area contributed by atoms with E-state index in [1.165, 1.54) is 18.3 Å². The van der Waals surface area contributed by atoms with E-state index in [1.54, 1.807) is 6.92 Å². The lowest BCUT2D eigenvalue weighted by Gasteiger charge is -2.06. The van der Waals surface area contributed by atoms with Gasteiger partial charge in [0, 0.05) is 5.69 Å². The molecule has 0 unspecified atom stereocenters. The average molecular weight is 287 g/mol. The highest BCUT2D eigenvalue weighted by atomic mass is 35.5. The van der Waals surface area contributed by atoms with Gasteiger partial charge in [0.15, 0.2) is 5.75 Å². The van der Waals surface area contributed by atoms with Gasteiger partial charge in [-0.25, -0.2) is 0 Å². The van der Waals surface area contributed by atoms with E-state index in [0.717, 1.165) is 0 Å². The number of halogens is 2. The molecule has 1 aromatic carbocycles. The van der Waals surface area contributed by atoms with Gasteiger partial charge < -0.3 is 14.9 Å². The summed E-state index contributed by atoms with van der Waals surface area (Å²) in [7, 11) is 0. The Labute approximate surface area is 112 Å². The number of phenolic OH excluding ortho intramolecular Hbond substituents is 1. The van der Waals surface area contributed by atoms with E-state index in [9.17, 15) is 9.90 Å². The van der Waals surface area contributed by atoms with Crippen molar-refractivity contribution in [3.8, 4) is 5.75 Å². The molecule has 0 aliphatic heterocycles. The normalized spacial score (nSPS) is 10.4. The highest BCUT2D eigenvalue weighted by Gasteiger charge is 2.14. The van der Waals surface area contributed by atoms with Crippen molar-refractivity contribution in [2.24, 2.45) is 0 Å². The number of amides is 1. The molecule has 0 atom stereocenters. The van der Waals surface area contributed by atoms with E-state index in [4.69, 9.17) is 27.7 Å². The van der Waals surface area contributed by atoms with E-state index in [-0.39, 0.29) is 15.8 Å². The molecule has 0 radical (unpaired) electrons. The SMILES string of the molecule is Cc1oncc1C(=O)Nc1cc(Cl)c(O)c(Cl)c1. The second-order valence-electron chi connectivity index (χ2n) is 3.54. The molecule has 0 spiro atoms. The summed E-state index contributed by atoms with van der Waals surface area (Å²) in [6.07, 6.45) is 1.31. The molecular formula is C11H8Cl2N2O3. The van der Waals surface area contributed by atoms with Gasteiger partial charge in [-0.05, 0) is 19.1 Å². The minimum Gasteiger partial charge on any atom is -0.505 e. The zero-order chi connectivity index (χ0) is 13.3. The summed E-state index contributed by atoms with van der Waals surface area (Å²) < 4.78 is 4.79. The van der Waals surface area contributed by atoms with Crippen molar-refractivity contribution in [2.75, 3.05) is 5.32 Å². The second kappa shape index (κ2) is 4.88. The first-order valence-corrected chi connectivity index (χ1v) is 5.65. The van der Waals surface area contributed by atoms with Crippen LogP contribution in [0.4, 0.5) is 5.69 Å². The van der Waals surface area contributed by atoms with Crippen LogP contribution in [0.3, 0.4) is 0 Å². The van der Waals surface area contributed by atoms with Gasteiger partial charge in [0.25, 0.3) is 5.91 Å². The lowest BCUT2D eigenvalue weighted by atomic mass is 10.2. The molecule has 0 saturated heterocycles. The highest BCUT2D eigenvalue weighted by molar-refractivity contribution is 6.37. The van der Waals surface area contributed by atoms with Crippen molar-refractivity contribution < 1.29 is 14.4 Å². The van der Waals surface area contributed by atoms with Crippen LogP contribution in [0.2, 0.25) is 10.0 Å². The van der Waals surface area contributed by atoms with Gasteiger partial charge in [0.1, 0.15) is 11.3 Å². The topological polar surface area (TPSA) is 75.4 Å². The summed E-state index contributed by atoms with van der Waals surface area (Å²) in [4.78, 5) is 11.8. The van der Waals surface area contributed by atoms with Gasteiger partial charge in [-0.2, -0.15) is 0 Å². The van der Waals surface area contributed by atoms with Crippen LogP contribution >= 0.6 is 23.2 Å². The van der Waals surface area contributed by atoms with E-state index < -0.39 is 5.91 Å². The Bertz CT molecular complexity index is 587. The van der Waals surface area contributed by atoms with Gasteiger partial charge in [0.2, 0.25) is 0 Å². The predicted molar refractivity (Wildman–Crippen MR) is 67.3 cm³/mol. The number of hydrogen-bond acceptors (Lipinski definition) is 4. The van der Waals surface area contributed by atoms with E-state index in [0.29, 0.717) is 17.0 Å². The molecule has 2 rings (SSSR count). The van der Waals surface area contributed by atoms with Crippen LogP contribution < -0.4 is 5.32 Å². The van der Waals surface area contributed by atoms with Crippen LogP contribution in [-0.4, -0.2) is 16.2 Å². The number of carbonyl (C=O) groups is 1. The Morgan fingerprint density at radius 2 is 2.00 bits per heavy atom. The maximum atomic E-state index is 11.8. The van der Waals surface area contributed by atoms with Crippen LogP contribution in [0.25, 0.3) is 0 Å². The zero-order valence-corrected chi connectivity index (χ0v) is 10.7. The summed E-state index contributed by atoms with van der Waals surface area (Å²) in [6, 6.07) is 2.78. The molecule has 2 aromatic rings. The monoisotopic (exact) mass is 286 g/mol. The van der Waals surface area contributed by atoms with Crippen molar-refractivity contribution in [2.45, 2.75) is 6.92 Å². The van der Waals surface area contributed by atoms with Crippen LogP contribution in [0.15, 0.2) is 22.9 Å². The second-order valence-corrected chi connectivity index (χ2v) is 4.35. The molecule has 0 aliphatic rings. The molecule has 5 nitrogen and oxygen atoms in total. The van der Waals surface area contributed by atoms with Crippen LogP contribution in [0.1, 0.15) is 16.1 Å². The molecule has 0 saturated carbocycles. The summed E-state index contributed by atoms with van der Waals surface area (Å²) in [6.45, 7) is 1.62. The number of phenols is 1. The number of benzene rings is 1. The van der Waals surface area contributed by atoms with Gasteiger partial charge in [-0.15, -0.1) is 0 Å². The number of nitrogens with zero attached hydrogens (tertiary/aromatic N) is 1. The molecule has 94 valence electrons. The quantitative estimate of drug-likeness (QED) is 0.831. The highest BCUT2D eigenvalue weighted by Crippen LogP contribution is 2.34. The number of nitrogens with one attached hydrogen (secondary N) is 1. The number of aromatic hydroxyl groups is 1. The lowest BCUT2D eigenvalue weighted by Crippen LogP contribution is -2.12. The van der Waals surface area contributed by atoms with Crippen molar-refractivity contribution in [3.63, 3.8) is 0 Å². The molecule has 18 heavy (non-hydrogen) atoms. The number of aromatic nitrogens is 1. The fourth-order valence-corrected chi connectivity index (χ4v) is 1.84. The summed E-state index contributed by atoms with van der Waals surface area (Å²) >= 11 is 11.5. The minimum absolute atomic E-state index is 0.0554. The van der Waals surface area contributed by atoms with E-state index >= 15 is 0 Å². The number of rotatable bonds is 2. The first-order valence-electron chi connectivity index (χ1n) is 4.89. The molecule has 1 amide bonds. The number of aryl methyl sites for hydroxylation is 1. The summed E-state index contributed by atoms with van der Waals surface area (Å²) in [5.41, 5.74) is 0.684.